The van der Waals surface area contributed by atoms with Gasteiger partial charge in [-0.1, -0.05) is 32.1 Å². The lowest BCUT2D eigenvalue weighted by molar-refractivity contribution is -0.0191. The molecule has 0 aromatic heterocycles. The zero-order valence-electron chi connectivity index (χ0n) is 9.87. The van der Waals surface area contributed by atoms with Gasteiger partial charge in [-0.15, -0.1) is 6.58 Å². The molecule has 2 rings (SSSR count). The minimum atomic E-state index is -0.205. The predicted molar refractivity (Wildman–Crippen MR) is 63.4 cm³/mol. The van der Waals surface area contributed by atoms with Gasteiger partial charge in [-0.25, -0.2) is 0 Å². The van der Waals surface area contributed by atoms with Gasteiger partial charge in [0.25, 0.3) is 0 Å². The van der Waals surface area contributed by atoms with Crippen molar-refractivity contribution in [2.75, 3.05) is 0 Å². The maximum atomic E-state index is 10.2. The number of fused-ring (bicyclic) bond motifs is 2. The summed E-state index contributed by atoms with van der Waals surface area (Å²) in [5.41, 5.74) is 1.52. The van der Waals surface area contributed by atoms with Crippen molar-refractivity contribution >= 4 is 0 Å². The summed E-state index contributed by atoms with van der Waals surface area (Å²) in [6, 6.07) is 0. The molecular formula is C14H22O. The number of aliphatic hydroxyl groups excluding tert-OH is 1. The molecule has 5 unspecified atom stereocenters. The van der Waals surface area contributed by atoms with Crippen LogP contribution in [0.15, 0.2) is 24.8 Å². The van der Waals surface area contributed by atoms with Gasteiger partial charge in [-0.3, -0.25) is 0 Å². The van der Waals surface area contributed by atoms with Crippen molar-refractivity contribution in [2.24, 2.45) is 23.2 Å². The Balaban J connectivity index is 2.35. The number of allylic oxidation sites excluding steroid dienone is 1. The molecule has 0 aromatic rings. The summed E-state index contributed by atoms with van der Waals surface area (Å²) < 4.78 is 0. The molecule has 2 fully saturated rings. The third-order valence-corrected chi connectivity index (χ3v) is 4.99. The fourth-order valence-electron chi connectivity index (χ4n) is 3.56. The molecule has 0 amide bonds. The smallest absolute Gasteiger partial charge is 0.0614 e. The molecule has 2 bridgehead atoms. The van der Waals surface area contributed by atoms with Gasteiger partial charge in [-0.2, -0.15) is 0 Å². The Kier molecular flexibility index (Phi) is 2.54. The monoisotopic (exact) mass is 206 g/mol. The molecule has 0 heterocycles. The van der Waals surface area contributed by atoms with Gasteiger partial charge in [0, 0.05) is 5.92 Å². The minimum absolute atomic E-state index is 0.205. The lowest BCUT2D eigenvalue weighted by Crippen LogP contribution is -2.48. The summed E-state index contributed by atoms with van der Waals surface area (Å²) in [6.45, 7) is 12.7. The van der Waals surface area contributed by atoms with E-state index in [2.05, 4.69) is 27.0 Å². The second kappa shape index (κ2) is 3.48. The van der Waals surface area contributed by atoms with E-state index in [1.165, 1.54) is 12.0 Å². The molecule has 0 aromatic carbocycles. The van der Waals surface area contributed by atoms with E-state index in [1.807, 2.05) is 6.08 Å². The maximum Gasteiger partial charge on any atom is 0.0614 e. The summed E-state index contributed by atoms with van der Waals surface area (Å²) in [7, 11) is 0. The largest absolute Gasteiger partial charge is 0.392 e. The van der Waals surface area contributed by atoms with Crippen LogP contribution in [0, 0.1) is 23.2 Å². The number of rotatable bonds is 1. The molecule has 84 valence electrons. The van der Waals surface area contributed by atoms with E-state index < -0.39 is 0 Å². The third-order valence-electron chi connectivity index (χ3n) is 4.99. The second-order valence-corrected chi connectivity index (χ2v) is 5.61. The van der Waals surface area contributed by atoms with Crippen LogP contribution in [-0.4, -0.2) is 11.2 Å². The van der Waals surface area contributed by atoms with Gasteiger partial charge >= 0.3 is 0 Å². The first-order valence-corrected chi connectivity index (χ1v) is 6.00. The van der Waals surface area contributed by atoms with E-state index in [0.717, 1.165) is 12.8 Å². The topological polar surface area (TPSA) is 20.2 Å². The highest BCUT2D eigenvalue weighted by atomic mass is 16.3. The zero-order valence-corrected chi connectivity index (χ0v) is 9.87. The number of hydrogen-bond donors (Lipinski definition) is 1. The van der Waals surface area contributed by atoms with Gasteiger partial charge in [-0.05, 0) is 36.5 Å². The Morgan fingerprint density at radius 3 is 2.80 bits per heavy atom. The van der Waals surface area contributed by atoms with E-state index in [9.17, 15) is 5.11 Å². The fraction of sp³-hybridized carbons (Fsp3) is 0.714. The molecule has 0 aliphatic heterocycles. The van der Waals surface area contributed by atoms with Crippen molar-refractivity contribution in [3.63, 3.8) is 0 Å². The quantitative estimate of drug-likeness (QED) is 0.653. The van der Waals surface area contributed by atoms with Crippen LogP contribution in [0.1, 0.15) is 33.1 Å². The molecule has 0 spiro atoms. The lowest BCUT2D eigenvalue weighted by atomic mass is 9.52. The standard InChI is InChI=1S/C14H22O/c1-5-11-6-7-14(4)9(2)8-12(15)13(11)10(14)3/h5,9,11-13,15H,1,3,6-8H2,2,4H3. The molecule has 2 aliphatic carbocycles. The Morgan fingerprint density at radius 1 is 1.53 bits per heavy atom. The molecule has 1 nitrogen and oxygen atoms in total. The fourth-order valence-corrected chi connectivity index (χ4v) is 3.56. The first-order valence-electron chi connectivity index (χ1n) is 6.00. The van der Waals surface area contributed by atoms with Crippen LogP contribution in [0.25, 0.3) is 0 Å². The molecule has 15 heavy (non-hydrogen) atoms. The Morgan fingerprint density at radius 2 is 2.20 bits per heavy atom. The van der Waals surface area contributed by atoms with Crippen LogP contribution in [0.4, 0.5) is 0 Å². The summed E-state index contributed by atoms with van der Waals surface area (Å²) in [6.07, 6.45) is 5.08. The SMILES string of the molecule is C=CC1CCC2(C)C(=C)C1C(O)CC2C. The molecule has 1 N–H and O–H groups in total. The Labute approximate surface area is 92.9 Å². The molecule has 2 aliphatic rings. The average Bonchev–Trinajstić information content (AvgIpc) is 2.19. The number of hydrogen-bond acceptors (Lipinski definition) is 1. The zero-order chi connectivity index (χ0) is 11.2. The maximum absolute atomic E-state index is 10.2. The van der Waals surface area contributed by atoms with E-state index in [0.29, 0.717) is 11.8 Å². The second-order valence-electron chi connectivity index (χ2n) is 5.61. The molecule has 0 saturated heterocycles. The van der Waals surface area contributed by atoms with Crippen LogP contribution in [0.2, 0.25) is 0 Å². The van der Waals surface area contributed by atoms with Crippen LogP contribution in [0.3, 0.4) is 0 Å². The highest BCUT2D eigenvalue weighted by molar-refractivity contribution is 5.24. The van der Waals surface area contributed by atoms with E-state index in [4.69, 9.17) is 0 Å². The van der Waals surface area contributed by atoms with Crippen molar-refractivity contribution in [3.8, 4) is 0 Å². The van der Waals surface area contributed by atoms with E-state index in [1.54, 1.807) is 0 Å². The Bertz CT molecular complexity index is 294. The first-order chi connectivity index (χ1) is 7.00. The molecule has 5 atom stereocenters. The highest BCUT2D eigenvalue weighted by Crippen LogP contribution is 2.56. The van der Waals surface area contributed by atoms with E-state index in [-0.39, 0.29) is 17.4 Å². The molecular weight excluding hydrogens is 184 g/mol. The van der Waals surface area contributed by atoms with Gasteiger partial charge in [0.05, 0.1) is 6.10 Å². The van der Waals surface area contributed by atoms with Gasteiger partial charge in [0.1, 0.15) is 0 Å². The van der Waals surface area contributed by atoms with Gasteiger partial charge < -0.3 is 5.11 Å². The molecule has 2 saturated carbocycles. The van der Waals surface area contributed by atoms with Crippen molar-refractivity contribution in [1.82, 2.24) is 0 Å². The van der Waals surface area contributed by atoms with Crippen molar-refractivity contribution in [1.29, 1.82) is 0 Å². The third kappa shape index (κ3) is 1.40. The summed E-state index contributed by atoms with van der Waals surface area (Å²) in [5.74, 6) is 1.26. The van der Waals surface area contributed by atoms with Crippen LogP contribution in [-0.2, 0) is 0 Å². The van der Waals surface area contributed by atoms with Crippen molar-refractivity contribution in [2.45, 2.75) is 39.2 Å². The van der Waals surface area contributed by atoms with E-state index >= 15 is 0 Å². The van der Waals surface area contributed by atoms with Gasteiger partial charge in [0.15, 0.2) is 0 Å². The summed E-state index contributed by atoms with van der Waals surface area (Å²) in [5, 5.41) is 10.2. The first kappa shape index (κ1) is 10.9. The van der Waals surface area contributed by atoms with Crippen LogP contribution >= 0.6 is 0 Å². The Hall–Kier alpha value is -0.560. The average molecular weight is 206 g/mol. The summed E-state index contributed by atoms with van der Waals surface area (Å²) in [4.78, 5) is 0. The van der Waals surface area contributed by atoms with Crippen LogP contribution < -0.4 is 0 Å². The summed E-state index contributed by atoms with van der Waals surface area (Å²) >= 11 is 0. The lowest BCUT2D eigenvalue weighted by Gasteiger charge is -2.54. The van der Waals surface area contributed by atoms with Crippen LogP contribution in [0.5, 0.6) is 0 Å². The number of aliphatic hydroxyl groups is 1. The molecule has 1 heteroatoms. The van der Waals surface area contributed by atoms with Crippen molar-refractivity contribution in [3.05, 3.63) is 24.8 Å². The normalized spacial score (nSPS) is 50.2. The minimum Gasteiger partial charge on any atom is -0.392 e. The molecule has 0 radical (unpaired) electrons. The highest BCUT2D eigenvalue weighted by Gasteiger charge is 2.50. The van der Waals surface area contributed by atoms with Crippen molar-refractivity contribution < 1.29 is 5.11 Å². The predicted octanol–water partition coefficient (Wildman–Crippen LogP) is 3.16. The van der Waals surface area contributed by atoms with Gasteiger partial charge in [0.2, 0.25) is 0 Å².